The molecule has 1 nitrogen and oxygen atoms in total. The summed E-state index contributed by atoms with van der Waals surface area (Å²) in [7, 11) is 0. The van der Waals surface area contributed by atoms with Crippen LogP contribution in [-0.4, -0.2) is 4.98 Å². The zero-order valence-corrected chi connectivity index (χ0v) is 6.58. The van der Waals surface area contributed by atoms with E-state index in [2.05, 4.69) is 11.9 Å². The van der Waals surface area contributed by atoms with Gasteiger partial charge >= 0.3 is 6.18 Å². The molecule has 0 spiro atoms. The van der Waals surface area contributed by atoms with Crippen molar-refractivity contribution >= 4 is 11.6 Å². The van der Waals surface area contributed by atoms with Crippen molar-refractivity contribution in [3.63, 3.8) is 0 Å². The summed E-state index contributed by atoms with van der Waals surface area (Å²) in [5, 5.41) is -0.0466. The highest BCUT2D eigenvalue weighted by Crippen LogP contribution is 2.32. The standard InChI is InChI=1S/C7H4ClF3N/c1-4-6(7(9,10)11)2-5(8)3-12-4/h2-3H,1H2. The lowest BCUT2D eigenvalue weighted by molar-refractivity contribution is -0.138. The van der Waals surface area contributed by atoms with E-state index >= 15 is 0 Å². The Morgan fingerprint density at radius 2 is 2.00 bits per heavy atom. The van der Waals surface area contributed by atoms with Gasteiger partial charge in [0.25, 0.3) is 0 Å². The van der Waals surface area contributed by atoms with E-state index in [1.165, 1.54) is 0 Å². The molecule has 0 amide bonds. The molecule has 0 atom stereocenters. The number of nitrogens with zero attached hydrogens (tertiary/aromatic N) is 1. The molecular weight excluding hydrogens is 191 g/mol. The normalized spacial score (nSPS) is 11.8. The van der Waals surface area contributed by atoms with Crippen LogP contribution in [0.5, 0.6) is 0 Å². The number of hydrogen-bond acceptors (Lipinski definition) is 1. The third-order valence-corrected chi connectivity index (χ3v) is 1.45. The lowest BCUT2D eigenvalue weighted by Gasteiger charge is -2.08. The first-order valence-corrected chi connectivity index (χ1v) is 3.34. The van der Waals surface area contributed by atoms with Gasteiger partial charge in [0.15, 0.2) is 0 Å². The second-order valence-corrected chi connectivity index (χ2v) is 2.58. The molecule has 0 aliphatic carbocycles. The first kappa shape index (κ1) is 9.32. The molecule has 12 heavy (non-hydrogen) atoms. The molecule has 0 aliphatic rings. The van der Waals surface area contributed by atoms with Crippen molar-refractivity contribution in [1.29, 1.82) is 0 Å². The van der Waals surface area contributed by atoms with E-state index in [1.807, 2.05) is 0 Å². The summed E-state index contributed by atoms with van der Waals surface area (Å²) in [6.45, 7) is 3.14. The summed E-state index contributed by atoms with van der Waals surface area (Å²) >= 11 is 5.33. The lowest BCUT2D eigenvalue weighted by atomic mass is 10.2. The van der Waals surface area contributed by atoms with E-state index in [1.54, 1.807) is 0 Å². The van der Waals surface area contributed by atoms with Crippen LogP contribution in [-0.2, 0) is 6.18 Å². The van der Waals surface area contributed by atoms with Crippen LogP contribution in [0.3, 0.4) is 0 Å². The monoisotopic (exact) mass is 194 g/mol. The molecule has 1 rings (SSSR count). The van der Waals surface area contributed by atoms with Crippen molar-refractivity contribution in [3.8, 4) is 0 Å². The molecule has 1 radical (unpaired) electrons. The smallest absolute Gasteiger partial charge is 0.259 e. The summed E-state index contributed by atoms with van der Waals surface area (Å²) in [5.41, 5.74) is -1.21. The fraction of sp³-hybridized carbons (Fsp3) is 0.143. The second-order valence-electron chi connectivity index (χ2n) is 2.15. The van der Waals surface area contributed by atoms with E-state index < -0.39 is 11.7 Å². The average Bonchev–Trinajstić information content (AvgIpc) is 1.92. The Kier molecular flexibility index (Phi) is 2.28. The molecule has 5 heteroatoms. The number of pyridine rings is 1. The van der Waals surface area contributed by atoms with Crippen molar-refractivity contribution in [2.45, 2.75) is 6.18 Å². The fourth-order valence-corrected chi connectivity index (χ4v) is 0.871. The fourth-order valence-electron chi connectivity index (χ4n) is 0.713. The Balaban J connectivity index is 3.23. The van der Waals surface area contributed by atoms with Crippen LogP contribution in [0.4, 0.5) is 13.2 Å². The average molecular weight is 195 g/mol. The van der Waals surface area contributed by atoms with E-state index in [9.17, 15) is 13.2 Å². The molecule has 0 saturated carbocycles. The third-order valence-electron chi connectivity index (χ3n) is 1.24. The molecule has 1 aromatic rings. The van der Waals surface area contributed by atoms with Crippen LogP contribution in [0.1, 0.15) is 11.3 Å². The van der Waals surface area contributed by atoms with Crippen molar-refractivity contribution in [2.24, 2.45) is 0 Å². The second kappa shape index (κ2) is 2.94. The number of aromatic nitrogens is 1. The molecule has 0 saturated heterocycles. The van der Waals surface area contributed by atoms with Crippen LogP contribution in [0.2, 0.25) is 5.02 Å². The van der Waals surface area contributed by atoms with Crippen LogP contribution >= 0.6 is 11.6 Å². The highest BCUT2D eigenvalue weighted by Gasteiger charge is 2.33. The van der Waals surface area contributed by atoms with Gasteiger partial charge in [-0.1, -0.05) is 11.6 Å². The Morgan fingerprint density at radius 3 is 2.42 bits per heavy atom. The number of halogens is 4. The van der Waals surface area contributed by atoms with Crippen LogP contribution < -0.4 is 0 Å². The maximum Gasteiger partial charge on any atom is 0.418 e. The summed E-state index contributed by atoms with van der Waals surface area (Å²) in [4.78, 5) is 3.38. The Hall–Kier alpha value is -0.770. The SMILES string of the molecule is [CH2]c1ncc(Cl)cc1C(F)(F)F. The van der Waals surface area contributed by atoms with Gasteiger partial charge in [-0.2, -0.15) is 13.2 Å². The summed E-state index contributed by atoms with van der Waals surface area (Å²) in [6, 6.07) is 0.802. The molecule has 0 aliphatic heterocycles. The molecule has 0 bridgehead atoms. The molecule has 1 aromatic heterocycles. The van der Waals surface area contributed by atoms with Gasteiger partial charge in [0.2, 0.25) is 0 Å². The quantitative estimate of drug-likeness (QED) is 0.619. The Morgan fingerprint density at radius 1 is 1.42 bits per heavy atom. The minimum Gasteiger partial charge on any atom is -0.259 e. The maximum absolute atomic E-state index is 12.1. The predicted octanol–water partition coefficient (Wildman–Crippen LogP) is 2.94. The van der Waals surface area contributed by atoms with Gasteiger partial charge in [0.05, 0.1) is 16.3 Å². The summed E-state index contributed by atoms with van der Waals surface area (Å²) in [5.74, 6) is 0. The van der Waals surface area contributed by atoms with Crippen molar-refractivity contribution in [1.82, 2.24) is 4.98 Å². The predicted molar refractivity (Wildman–Crippen MR) is 38.7 cm³/mol. The van der Waals surface area contributed by atoms with Crippen molar-refractivity contribution < 1.29 is 13.2 Å². The first-order chi connectivity index (χ1) is 5.41. The molecule has 0 unspecified atom stereocenters. The Bertz CT molecular complexity index is 295. The number of alkyl halides is 3. The van der Waals surface area contributed by atoms with Gasteiger partial charge in [-0.15, -0.1) is 0 Å². The molecule has 65 valence electrons. The van der Waals surface area contributed by atoms with Gasteiger partial charge in [-0.3, -0.25) is 4.98 Å². The van der Waals surface area contributed by atoms with E-state index in [4.69, 9.17) is 11.6 Å². The maximum atomic E-state index is 12.1. The number of hydrogen-bond donors (Lipinski definition) is 0. The van der Waals surface area contributed by atoms with Gasteiger partial charge < -0.3 is 0 Å². The van der Waals surface area contributed by atoms with Gasteiger partial charge in [-0.05, 0) is 13.0 Å². The van der Waals surface area contributed by atoms with Gasteiger partial charge in [0, 0.05) is 6.20 Å². The zero-order chi connectivity index (χ0) is 9.35. The van der Waals surface area contributed by atoms with Crippen LogP contribution in [0, 0.1) is 6.92 Å². The topological polar surface area (TPSA) is 12.9 Å². The highest BCUT2D eigenvalue weighted by atomic mass is 35.5. The minimum absolute atomic E-state index is 0.0466. The van der Waals surface area contributed by atoms with Crippen molar-refractivity contribution in [2.75, 3.05) is 0 Å². The van der Waals surface area contributed by atoms with E-state index in [0.29, 0.717) is 0 Å². The number of rotatable bonds is 0. The van der Waals surface area contributed by atoms with Crippen LogP contribution in [0.25, 0.3) is 0 Å². The first-order valence-electron chi connectivity index (χ1n) is 2.96. The highest BCUT2D eigenvalue weighted by molar-refractivity contribution is 6.30. The minimum atomic E-state index is -4.44. The van der Waals surface area contributed by atoms with Gasteiger partial charge in [-0.25, -0.2) is 0 Å². The van der Waals surface area contributed by atoms with Gasteiger partial charge in [0.1, 0.15) is 0 Å². The summed E-state index contributed by atoms with van der Waals surface area (Å²) < 4.78 is 36.3. The summed E-state index contributed by atoms with van der Waals surface area (Å²) in [6.07, 6.45) is -3.31. The molecule has 0 aromatic carbocycles. The molecule has 0 N–H and O–H groups in total. The Labute approximate surface area is 72.2 Å². The molecular formula is C7H4ClF3N. The molecule has 0 fully saturated rings. The third kappa shape index (κ3) is 1.88. The lowest BCUT2D eigenvalue weighted by Crippen LogP contribution is -2.08. The van der Waals surface area contributed by atoms with Crippen LogP contribution in [0.15, 0.2) is 12.3 Å². The zero-order valence-electron chi connectivity index (χ0n) is 5.82. The largest absolute Gasteiger partial charge is 0.418 e. The van der Waals surface area contributed by atoms with E-state index in [0.717, 1.165) is 12.3 Å². The van der Waals surface area contributed by atoms with E-state index in [-0.39, 0.29) is 10.7 Å². The van der Waals surface area contributed by atoms with Crippen molar-refractivity contribution in [3.05, 3.63) is 35.5 Å². The molecule has 1 heterocycles.